The quantitative estimate of drug-likeness (QED) is 0.753. The molecule has 0 atom stereocenters. The number of ketones is 1. The molecule has 1 aliphatic carbocycles. The molecular formula is C16H12F2O. The predicted octanol–water partition coefficient (Wildman–Crippen LogP) is 4.07. The first-order chi connectivity index (χ1) is 9.06. The van der Waals surface area contributed by atoms with Crippen LogP contribution in [0.3, 0.4) is 0 Å². The maximum absolute atomic E-state index is 13.8. The van der Waals surface area contributed by atoms with Crippen molar-refractivity contribution in [1.82, 2.24) is 0 Å². The summed E-state index contributed by atoms with van der Waals surface area (Å²) in [4.78, 5) is 11.6. The Kier molecular flexibility index (Phi) is 2.70. The second-order valence-corrected chi connectivity index (χ2v) is 4.88. The number of carbonyl (C=O) groups excluding carboxylic acids is 1. The third kappa shape index (κ3) is 1.95. The molecule has 3 heteroatoms. The van der Waals surface area contributed by atoms with Crippen LogP contribution in [-0.2, 0) is 6.42 Å². The maximum atomic E-state index is 13.8. The predicted molar refractivity (Wildman–Crippen MR) is 69.2 cm³/mol. The standard InChI is InChI=1S/C16H12F2O/c1-9-6-13(15(18)8-14(9)17)11-2-4-12-10(7-11)3-5-16(12)19/h2,4,6-8H,3,5H2,1H3. The zero-order chi connectivity index (χ0) is 13.6. The first-order valence-electron chi connectivity index (χ1n) is 6.18. The van der Waals surface area contributed by atoms with Crippen LogP contribution < -0.4 is 0 Å². The van der Waals surface area contributed by atoms with Crippen LogP contribution in [0.4, 0.5) is 8.78 Å². The van der Waals surface area contributed by atoms with Gasteiger partial charge < -0.3 is 0 Å². The van der Waals surface area contributed by atoms with Crippen molar-refractivity contribution >= 4 is 5.78 Å². The zero-order valence-electron chi connectivity index (χ0n) is 10.5. The van der Waals surface area contributed by atoms with Gasteiger partial charge in [-0.1, -0.05) is 18.2 Å². The lowest BCUT2D eigenvalue weighted by Crippen LogP contribution is -1.93. The van der Waals surface area contributed by atoms with E-state index in [-0.39, 0.29) is 5.78 Å². The molecule has 0 aromatic heterocycles. The average molecular weight is 258 g/mol. The summed E-state index contributed by atoms with van der Waals surface area (Å²) in [6, 6.07) is 7.69. The van der Waals surface area contributed by atoms with E-state index >= 15 is 0 Å². The number of fused-ring (bicyclic) bond motifs is 1. The minimum atomic E-state index is -0.577. The third-order valence-electron chi connectivity index (χ3n) is 3.59. The van der Waals surface area contributed by atoms with Crippen LogP contribution in [0.2, 0.25) is 0 Å². The van der Waals surface area contributed by atoms with Gasteiger partial charge in [0, 0.05) is 23.6 Å². The molecule has 0 saturated heterocycles. The van der Waals surface area contributed by atoms with Crippen molar-refractivity contribution in [1.29, 1.82) is 0 Å². The highest BCUT2D eigenvalue weighted by Crippen LogP contribution is 2.30. The lowest BCUT2D eigenvalue weighted by Gasteiger charge is -2.08. The van der Waals surface area contributed by atoms with Crippen LogP contribution in [0.15, 0.2) is 30.3 Å². The van der Waals surface area contributed by atoms with E-state index in [0.717, 1.165) is 17.2 Å². The van der Waals surface area contributed by atoms with Gasteiger partial charge in [0.2, 0.25) is 0 Å². The van der Waals surface area contributed by atoms with Crippen LogP contribution in [0, 0.1) is 18.6 Å². The molecule has 0 N–H and O–H groups in total. The SMILES string of the molecule is Cc1cc(-c2ccc3c(c2)CCC3=O)c(F)cc1F. The fourth-order valence-corrected chi connectivity index (χ4v) is 2.50. The van der Waals surface area contributed by atoms with E-state index < -0.39 is 11.6 Å². The summed E-state index contributed by atoms with van der Waals surface area (Å²) in [5.41, 5.74) is 3.15. The van der Waals surface area contributed by atoms with Gasteiger partial charge in [0.25, 0.3) is 0 Å². The summed E-state index contributed by atoms with van der Waals surface area (Å²) in [7, 11) is 0. The molecule has 1 aliphatic rings. The number of carbonyl (C=O) groups is 1. The monoisotopic (exact) mass is 258 g/mol. The van der Waals surface area contributed by atoms with Gasteiger partial charge in [0.1, 0.15) is 11.6 Å². The van der Waals surface area contributed by atoms with E-state index in [0.29, 0.717) is 29.5 Å². The van der Waals surface area contributed by atoms with Crippen molar-refractivity contribution in [3.8, 4) is 11.1 Å². The van der Waals surface area contributed by atoms with E-state index in [4.69, 9.17) is 0 Å². The fraction of sp³-hybridized carbons (Fsp3) is 0.188. The molecule has 0 spiro atoms. The molecule has 0 saturated carbocycles. The number of benzene rings is 2. The maximum Gasteiger partial charge on any atom is 0.163 e. The van der Waals surface area contributed by atoms with Crippen molar-refractivity contribution in [3.63, 3.8) is 0 Å². The highest BCUT2D eigenvalue weighted by atomic mass is 19.1. The second kappa shape index (κ2) is 4.26. The minimum Gasteiger partial charge on any atom is -0.294 e. The Balaban J connectivity index is 2.13. The zero-order valence-corrected chi connectivity index (χ0v) is 10.5. The van der Waals surface area contributed by atoms with Gasteiger partial charge in [-0.15, -0.1) is 0 Å². The molecule has 0 aliphatic heterocycles. The van der Waals surface area contributed by atoms with E-state index in [9.17, 15) is 13.6 Å². The van der Waals surface area contributed by atoms with Gasteiger partial charge in [-0.25, -0.2) is 8.78 Å². The Morgan fingerprint density at radius 1 is 0.947 bits per heavy atom. The average Bonchev–Trinajstić information content (AvgIpc) is 2.75. The van der Waals surface area contributed by atoms with Crippen LogP contribution in [0.25, 0.3) is 11.1 Å². The molecule has 1 nitrogen and oxygen atoms in total. The van der Waals surface area contributed by atoms with Crippen molar-refractivity contribution in [3.05, 3.63) is 58.7 Å². The summed E-state index contributed by atoms with van der Waals surface area (Å²) in [5.74, 6) is -0.984. The smallest absolute Gasteiger partial charge is 0.163 e. The van der Waals surface area contributed by atoms with E-state index in [1.807, 2.05) is 6.07 Å². The molecule has 2 aromatic carbocycles. The Bertz CT molecular complexity index is 689. The Labute approximate surface area is 109 Å². The molecule has 0 fully saturated rings. The minimum absolute atomic E-state index is 0.136. The number of halogens is 2. The summed E-state index contributed by atoms with van der Waals surface area (Å²) in [6.07, 6.45) is 1.22. The molecule has 96 valence electrons. The van der Waals surface area contributed by atoms with Gasteiger partial charge in [0.15, 0.2) is 5.78 Å². The molecule has 0 amide bonds. The van der Waals surface area contributed by atoms with Crippen LogP contribution in [0.5, 0.6) is 0 Å². The number of Topliss-reactive ketones (excluding diaryl/α,β-unsaturated/α-hetero) is 1. The van der Waals surface area contributed by atoms with Gasteiger partial charge in [-0.3, -0.25) is 4.79 Å². The summed E-state index contributed by atoms with van der Waals surface area (Å²) in [5, 5.41) is 0. The van der Waals surface area contributed by atoms with Crippen LogP contribution in [-0.4, -0.2) is 5.78 Å². The molecule has 0 bridgehead atoms. The molecule has 0 unspecified atom stereocenters. The third-order valence-corrected chi connectivity index (χ3v) is 3.59. The Morgan fingerprint density at radius 2 is 1.74 bits per heavy atom. The lowest BCUT2D eigenvalue weighted by atomic mass is 9.98. The molecular weight excluding hydrogens is 246 g/mol. The highest BCUT2D eigenvalue weighted by Gasteiger charge is 2.20. The van der Waals surface area contributed by atoms with E-state index in [1.54, 1.807) is 19.1 Å². The molecule has 3 rings (SSSR count). The molecule has 0 radical (unpaired) electrons. The van der Waals surface area contributed by atoms with E-state index in [1.165, 1.54) is 6.07 Å². The fourth-order valence-electron chi connectivity index (χ4n) is 2.50. The normalized spacial score (nSPS) is 13.7. The van der Waals surface area contributed by atoms with Gasteiger partial charge in [-0.2, -0.15) is 0 Å². The highest BCUT2D eigenvalue weighted by molar-refractivity contribution is 6.00. The molecule has 19 heavy (non-hydrogen) atoms. The largest absolute Gasteiger partial charge is 0.294 e. The summed E-state index contributed by atoms with van der Waals surface area (Å²) in [6.45, 7) is 1.61. The van der Waals surface area contributed by atoms with Gasteiger partial charge in [0.05, 0.1) is 0 Å². The van der Waals surface area contributed by atoms with Crippen molar-refractivity contribution in [2.75, 3.05) is 0 Å². The Morgan fingerprint density at radius 3 is 2.53 bits per heavy atom. The van der Waals surface area contributed by atoms with Crippen LogP contribution in [0.1, 0.15) is 27.9 Å². The molecule has 2 aromatic rings. The first kappa shape index (κ1) is 12.0. The number of aryl methyl sites for hydroxylation is 2. The van der Waals surface area contributed by atoms with Crippen molar-refractivity contribution in [2.24, 2.45) is 0 Å². The number of rotatable bonds is 1. The van der Waals surface area contributed by atoms with Crippen molar-refractivity contribution in [2.45, 2.75) is 19.8 Å². The number of hydrogen-bond donors (Lipinski definition) is 0. The lowest BCUT2D eigenvalue weighted by molar-refractivity contribution is 0.0994. The van der Waals surface area contributed by atoms with Crippen molar-refractivity contribution < 1.29 is 13.6 Å². The first-order valence-corrected chi connectivity index (χ1v) is 6.18. The second-order valence-electron chi connectivity index (χ2n) is 4.88. The molecule has 0 heterocycles. The Hall–Kier alpha value is -2.03. The topological polar surface area (TPSA) is 17.1 Å². The summed E-state index contributed by atoms with van der Waals surface area (Å²) < 4.78 is 27.1. The number of hydrogen-bond acceptors (Lipinski definition) is 1. The van der Waals surface area contributed by atoms with Gasteiger partial charge >= 0.3 is 0 Å². The van der Waals surface area contributed by atoms with Crippen LogP contribution >= 0.6 is 0 Å². The van der Waals surface area contributed by atoms with Gasteiger partial charge in [-0.05, 0) is 36.1 Å². The van der Waals surface area contributed by atoms with E-state index in [2.05, 4.69) is 0 Å². The summed E-state index contributed by atoms with van der Waals surface area (Å²) >= 11 is 0.